The first kappa shape index (κ1) is 10.3. The van der Waals surface area contributed by atoms with Gasteiger partial charge in [0.25, 0.3) is 0 Å². The molecule has 2 aromatic heterocycles. The minimum atomic E-state index is 0.679. The van der Waals surface area contributed by atoms with Crippen LogP contribution in [0.1, 0.15) is 24.3 Å². The van der Waals surface area contributed by atoms with Crippen LogP contribution in [0.25, 0.3) is 10.9 Å². The molecule has 3 nitrogen and oxygen atoms in total. The number of nitrogens with zero attached hydrogens (tertiary/aromatic N) is 1. The maximum absolute atomic E-state index is 4.32. The molecule has 0 unspecified atom stereocenters. The molecule has 3 rings (SSSR count). The van der Waals surface area contributed by atoms with Crippen molar-refractivity contribution in [2.45, 2.75) is 18.8 Å². The zero-order valence-corrected chi connectivity index (χ0v) is 10.5. The minimum absolute atomic E-state index is 0.679. The molecule has 3 heterocycles. The van der Waals surface area contributed by atoms with Crippen LogP contribution in [0.4, 0.5) is 0 Å². The van der Waals surface area contributed by atoms with Crippen LogP contribution >= 0.6 is 15.9 Å². The summed E-state index contributed by atoms with van der Waals surface area (Å²) in [6.45, 7) is 2.25. The number of H-pyrrole nitrogens is 1. The number of hydrogen-bond donors (Lipinski definition) is 2. The molecular formula is C12H14BrN3. The van der Waals surface area contributed by atoms with Gasteiger partial charge in [-0.05, 0) is 59.4 Å². The average molecular weight is 280 g/mol. The van der Waals surface area contributed by atoms with Crippen LogP contribution in [-0.4, -0.2) is 23.1 Å². The highest BCUT2D eigenvalue weighted by atomic mass is 79.9. The predicted molar refractivity (Wildman–Crippen MR) is 68.6 cm³/mol. The largest absolute Gasteiger partial charge is 0.361 e. The Morgan fingerprint density at radius 2 is 2.12 bits per heavy atom. The molecule has 2 aromatic rings. The molecule has 0 aromatic carbocycles. The van der Waals surface area contributed by atoms with E-state index >= 15 is 0 Å². The molecule has 16 heavy (non-hydrogen) atoms. The number of halogens is 1. The second-order valence-corrected chi connectivity index (χ2v) is 5.13. The third-order valence-corrected chi connectivity index (χ3v) is 3.78. The Hall–Kier alpha value is -0.870. The fourth-order valence-electron chi connectivity index (χ4n) is 2.48. The zero-order valence-electron chi connectivity index (χ0n) is 8.96. The van der Waals surface area contributed by atoms with E-state index in [4.69, 9.17) is 0 Å². The molecule has 0 amide bonds. The molecule has 0 bridgehead atoms. The van der Waals surface area contributed by atoms with Gasteiger partial charge in [0.05, 0.1) is 0 Å². The molecule has 0 radical (unpaired) electrons. The quantitative estimate of drug-likeness (QED) is 0.789. The fraction of sp³-hybridized carbons (Fsp3) is 0.417. The van der Waals surface area contributed by atoms with Crippen molar-refractivity contribution >= 4 is 26.8 Å². The van der Waals surface area contributed by atoms with Gasteiger partial charge >= 0.3 is 0 Å². The Morgan fingerprint density at radius 3 is 2.94 bits per heavy atom. The lowest BCUT2D eigenvalue weighted by atomic mass is 9.90. The summed E-state index contributed by atoms with van der Waals surface area (Å²) in [5.41, 5.74) is 2.60. The molecule has 84 valence electrons. The SMILES string of the molecule is Brc1cc2[nH]cc(C3CCNCC3)c2cn1. The minimum Gasteiger partial charge on any atom is -0.361 e. The van der Waals surface area contributed by atoms with Gasteiger partial charge in [0.1, 0.15) is 4.60 Å². The highest BCUT2D eigenvalue weighted by Gasteiger charge is 2.18. The summed E-state index contributed by atoms with van der Waals surface area (Å²) >= 11 is 3.40. The molecule has 0 saturated carbocycles. The summed E-state index contributed by atoms with van der Waals surface area (Å²) in [6, 6.07) is 2.04. The Morgan fingerprint density at radius 1 is 1.31 bits per heavy atom. The van der Waals surface area contributed by atoms with Gasteiger partial charge < -0.3 is 10.3 Å². The summed E-state index contributed by atoms with van der Waals surface area (Å²) in [7, 11) is 0. The second-order valence-electron chi connectivity index (χ2n) is 4.32. The average Bonchev–Trinajstić information content (AvgIpc) is 2.73. The molecule has 0 aliphatic carbocycles. The smallest absolute Gasteiger partial charge is 0.108 e. The van der Waals surface area contributed by atoms with Crippen LogP contribution in [0.3, 0.4) is 0 Å². The Bertz CT molecular complexity index is 500. The first-order chi connectivity index (χ1) is 7.84. The highest BCUT2D eigenvalue weighted by molar-refractivity contribution is 9.10. The van der Waals surface area contributed by atoms with E-state index < -0.39 is 0 Å². The van der Waals surface area contributed by atoms with Crippen molar-refractivity contribution in [2.75, 3.05) is 13.1 Å². The van der Waals surface area contributed by atoms with Crippen molar-refractivity contribution < 1.29 is 0 Å². The van der Waals surface area contributed by atoms with E-state index in [-0.39, 0.29) is 0 Å². The van der Waals surface area contributed by atoms with Crippen molar-refractivity contribution in [3.63, 3.8) is 0 Å². The molecule has 1 saturated heterocycles. The molecular weight excluding hydrogens is 266 g/mol. The first-order valence-electron chi connectivity index (χ1n) is 5.68. The topological polar surface area (TPSA) is 40.7 Å². The fourth-order valence-corrected chi connectivity index (χ4v) is 2.81. The van der Waals surface area contributed by atoms with Crippen molar-refractivity contribution in [3.8, 4) is 0 Å². The van der Waals surface area contributed by atoms with E-state index in [1.165, 1.54) is 29.3 Å². The van der Waals surface area contributed by atoms with Crippen molar-refractivity contribution in [2.24, 2.45) is 0 Å². The van der Waals surface area contributed by atoms with Crippen molar-refractivity contribution in [3.05, 3.63) is 28.6 Å². The van der Waals surface area contributed by atoms with Crippen LogP contribution in [0, 0.1) is 0 Å². The van der Waals surface area contributed by atoms with Gasteiger partial charge in [-0.2, -0.15) is 0 Å². The molecule has 1 aliphatic rings. The maximum Gasteiger partial charge on any atom is 0.108 e. The molecule has 1 fully saturated rings. The van der Waals surface area contributed by atoms with Gasteiger partial charge in [-0.15, -0.1) is 0 Å². The first-order valence-corrected chi connectivity index (χ1v) is 6.47. The Balaban J connectivity index is 2.03. The summed E-state index contributed by atoms with van der Waals surface area (Å²) in [5.74, 6) is 0.679. The molecule has 0 atom stereocenters. The lowest BCUT2D eigenvalue weighted by Crippen LogP contribution is -2.26. The van der Waals surface area contributed by atoms with Gasteiger partial charge in [0, 0.05) is 23.3 Å². The Kier molecular flexibility index (Phi) is 2.69. The summed E-state index contributed by atoms with van der Waals surface area (Å²) in [5, 5.41) is 4.67. The molecule has 0 spiro atoms. The van der Waals surface area contributed by atoms with Gasteiger partial charge in [0.15, 0.2) is 0 Å². The number of hydrogen-bond acceptors (Lipinski definition) is 2. The van der Waals surface area contributed by atoms with Crippen LogP contribution in [0.5, 0.6) is 0 Å². The monoisotopic (exact) mass is 279 g/mol. The maximum atomic E-state index is 4.32. The van der Waals surface area contributed by atoms with E-state index in [0.29, 0.717) is 5.92 Å². The highest BCUT2D eigenvalue weighted by Crippen LogP contribution is 2.31. The van der Waals surface area contributed by atoms with Gasteiger partial charge in [-0.25, -0.2) is 4.98 Å². The number of pyridine rings is 1. The van der Waals surface area contributed by atoms with Crippen molar-refractivity contribution in [1.82, 2.24) is 15.3 Å². The number of aromatic nitrogens is 2. The summed E-state index contributed by atoms with van der Waals surface area (Å²) in [4.78, 5) is 7.65. The zero-order chi connectivity index (χ0) is 11.0. The number of rotatable bonds is 1. The second kappa shape index (κ2) is 4.18. The molecule has 1 aliphatic heterocycles. The van der Waals surface area contributed by atoms with Crippen LogP contribution in [-0.2, 0) is 0 Å². The van der Waals surface area contributed by atoms with E-state index in [9.17, 15) is 0 Å². The van der Waals surface area contributed by atoms with Crippen LogP contribution in [0.15, 0.2) is 23.1 Å². The third-order valence-electron chi connectivity index (χ3n) is 3.34. The molecule has 4 heteroatoms. The predicted octanol–water partition coefficient (Wildman–Crippen LogP) is 2.79. The van der Waals surface area contributed by atoms with Crippen molar-refractivity contribution in [1.29, 1.82) is 0 Å². The number of aromatic amines is 1. The van der Waals surface area contributed by atoms with Crippen LogP contribution in [0.2, 0.25) is 0 Å². The van der Waals surface area contributed by atoms with Gasteiger partial charge in [-0.3, -0.25) is 0 Å². The standard InChI is InChI=1S/C12H14BrN3/c13-12-5-11-10(7-16-12)9(6-15-11)8-1-3-14-4-2-8/h5-8,14-15H,1-4H2. The van der Waals surface area contributed by atoms with E-state index in [1.807, 2.05) is 12.3 Å². The van der Waals surface area contributed by atoms with Gasteiger partial charge in [0.2, 0.25) is 0 Å². The Labute approximate surface area is 103 Å². The lowest BCUT2D eigenvalue weighted by molar-refractivity contribution is 0.462. The molecule has 2 N–H and O–H groups in total. The lowest BCUT2D eigenvalue weighted by Gasteiger charge is -2.22. The number of nitrogens with one attached hydrogen (secondary N) is 2. The normalized spacial score (nSPS) is 18.1. The van der Waals surface area contributed by atoms with E-state index in [0.717, 1.165) is 17.7 Å². The van der Waals surface area contributed by atoms with E-state index in [2.05, 4.69) is 37.4 Å². The number of fused-ring (bicyclic) bond motifs is 1. The van der Waals surface area contributed by atoms with Gasteiger partial charge in [-0.1, -0.05) is 0 Å². The summed E-state index contributed by atoms with van der Waals surface area (Å²) in [6.07, 6.45) is 6.56. The van der Waals surface area contributed by atoms with Crippen LogP contribution < -0.4 is 5.32 Å². The third kappa shape index (κ3) is 1.76. The summed E-state index contributed by atoms with van der Waals surface area (Å²) < 4.78 is 0.888. The number of piperidine rings is 1. The van der Waals surface area contributed by atoms with E-state index in [1.54, 1.807) is 0 Å².